The smallest absolute Gasteiger partial charge is 0.387 e. The van der Waals surface area contributed by atoms with E-state index in [1.165, 1.54) is 24.8 Å². The highest BCUT2D eigenvalue weighted by Gasteiger charge is 2.38. The molecule has 2 atom stereocenters. The summed E-state index contributed by atoms with van der Waals surface area (Å²) in [6.07, 6.45) is 6.92. The van der Waals surface area contributed by atoms with Crippen LogP contribution in [0.25, 0.3) is 10.9 Å². The average Bonchev–Trinajstić information content (AvgIpc) is 3.47. The van der Waals surface area contributed by atoms with Gasteiger partial charge in [0.2, 0.25) is 0 Å². The molecule has 0 radical (unpaired) electrons. The monoisotopic (exact) mass is 410 g/mol. The van der Waals surface area contributed by atoms with Crippen LogP contribution >= 0.6 is 0 Å². The lowest BCUT2D eigenvalue weighted by atomic mass is 9.84. The predicted octanol–water partition coefficient (Wildman–Crippen LogP) is 6.44. The highest BCUT2D eigenvalue weighted by Crippen LogP contribution is 2.47. The minimum absolute atomic E-state index is 0.297. The van der Waals surface area contributed by atoms with E-state index >= 15 is 0 Å². The molecule has 1 saturated carbocycles. The average molecular weight is 411 g/mol. The topological polar surface area (TPSA) is 28.3 Å². The molecule has 30 heavy (non-hydrogen) atoms. The van der Waals surface area contributed by atoms with Gasteiger partial charge in [-0.05, 0) is 74.2 Å². The number of benzene rings is 2. The molecule has 1 aliphatic carbocycles. The number of hydrogen-bond acceptors (Lipinski definition) is 2. The van der Waals surface area contributed by atoms with Gasteiger partial charge in [-0.25, -0.2) is 0 Å². The van der Waals surface area contributed by atoms with E-state index in [1.54, 1.807) is 6.07 Å². The van der Waals surface area contributed by atoms with Crippen LogP contribution in [-0.4, -0.2) is 23.0 Å². The molecule has 1 unspecified atom stereocenters. The maximum Gasteiger partial charge on any atom is 0.387 e. The maximum atomic E-state index is 13.2. The molecule has 0 spiro atoms. The van der Waals surface area contributed by atoms with Crippen molar-refractivity contribution in [3.63, 3.8) is 0 Å². The van der Waals surface area contributed by atoms with Gasteiger partial charge in [-0.15, -0.1) is 0 Å². The van der Waals surface area contributed by atoms with Crippen LogP contribution in [0, 0.1) is 18.8 Å². The second-order valence-electron chi connectivity index (χ2n) is 8.83. The van der Waals surface area contributed by atoms with Crippen LogP contribution in [-0.2, 0) is 6.54 Å². The summed E-state index contributed by atoms with van der Waals surface area (Å²) in [6.45, 7) is 0.682. The second kappa shape index (κ2) is 8.03. The summed E-state index contributed by atoms with van der Waals surface area (Å²) in [5.74, 6) is 1.95. The molecule has 3 aromatic rings. The normalized spacial score (nSPS) is 22.7. The van der Waals surface area contributed by atoms with Crippen molar-refractivity contribution in [1.29, 1.82) is 0 Å². The summed E-state index contributed by atoms with van der Waals surface area (Å²) in [4.78, 5) is 5.72. The number of aromatic nitrogens is 1. The van der Waals surface area contributed by atoms with Gasteiger partial charge in [0.25, 0.3) is 0 Å². The fourth-order valence-electron chi connectivity index (χ4n) is 5.25. The molecule has 1 aromatic heterocycles. The number of ether oxygens (including phenoxy) is 1. The zero-order valence-electron chi connectivity index (χ0n) is 17.3. The molecule has 2 aromatic carbocycles. The molecule has 1 aliphatic heterocycles. The van der Waals surface area contributed by atoms with Gasteiger partial charge in [0.15, 0.2) is 0 Å². The number of fused-ring (bicyclic) bond motifs is 1. The molecular formula is C25H28F2N2O. The number of likely N-dealkylation sites (tertiary alicyclic amines) is 1. The molecular weight excluding hydrogens is 382 g/mol. The number of piperidine rings is 1. The molecule has 2 fully saturated rings. The van der Waals surface area contributed by atoms with Crippen LogP contribution in [0.1, 0.15) is 48.4 Å². The van der Waals surface area contributed by atoms with Crippen molar-refractivity contribution < 1.29 is 13.5 Å². The Morgan fingerprint density at radius 2 is 1.90 bits per heavy atom. The number of aryl methyl sites for hydroxylation is 1. The Morgan fingerprint density at radius 3 is 2.63 bits per heavy atom. The summed E-state index contributed by atoms with van der Waals surface area (Å²) >= 11 is 0. The van der Waals surface area contributed by atoms with Gasteiger partial charge in [0.05, 0.1) is 0 Å². The largest absolute Gasteiger partial charge is 0.434 e. The number of nitrogens with zero attached hydrogens (tertiary/aromatic N) is 1. The van der Waals surface area contributed by atoms with Crippen molar-refractivity contribution in [2.24, 2.45) is 11.8 Å². The van der Waals surface area contributed by atoms with Crippen LogP contribution in [0.4, 0.5) is 8.78 Å². The van der Waals surface area contributed by atoms with Gasteiger partial charge in [0.1, 0.15) is 5.75 Å². The zero-order valence-corrected chi connectivity index (χ0v) is 17.3. The molecule has 0 amide bonds. The van der Waals surface area contributed by atoms with E-state index in [1.807, 2.05) is 25.3 Å². The lowest BCUT2D eigenvalue weighted by Gasteiger charge is -2.40. The van der Waals surface area contributed by atoms with E-state index in [4.69, 9.17) is 4.74 Å². The van der Waals surface area contributed by atoms with Gasteiger partial charge >= 0.3 is 6.61 Å². The van der Waals surface area contributed by atoms with Gasteiger partial charge in [-0.3, -0.25) is 4.90 Å². The van der Waals surface area contributed by atoms with Gasteiger partial charge in [-0.1, -0.05) is 30.3 Å². The number of rotatable bonds is 6. The number of H-pyrrole nitrogens is 1. The van der Waals surface area contributed by atoms with Crippen molar-refractivity contribution in [2.45, 2.75) is 51.8 Å². The Balaban J connectivity index is 1.51. The van der Waals surface area contributed by atoms with E-state index in [9.17, 15) is 8.78 Å². The summed E-state index contributed by atoms with van der Waals surface area (Å²) in [7, 11) is 0. The third kappa shape index (κ3) is 3.83. The molecule has 1 saturated heterocycles. The maximum absolute atomic E-state index is 13.2. The lowest BCUT2D eigenvalue weighted by molar-refractivity contribution is -0.0509. The Bertz CT molecular complexity index is 1010. The minimum atomic E-state index is -2.83. The van der Waals surface area contributed by atoms with E-state index < -0.39 is 6.61 Å². The molecule has 5 rings (SSSR count). The van der Waals surface area contributed by atoms with Crippen LogP contribution < -0.4 is 4.74 Å². The quantitative estimate of drug-likeness (QED) is 0.506. The SMILES string of the molecule is Cc1cc(OC(F)F)c(CN2CCC(C3CC3)C[C@H]2c2ccccc2)c2cc[nH]c12. The highest BCUT2D eigenvalue weighted by molar-refractivity contribution is 5.88. The van der Waals surface area contributed by atoms with Crippen LogP contribution in [0.3, 0.4) is 0 Å². The van der Waals surface area contributed by atoms with Crippen molar-refractivity contribution in [1.82, 2.24) is 9.88 Å². The van der Waals surface area contributed by atoms with Gasteiger partial charge in [0, 0.05) is 35.2 Å². The van der Waals surface area contributed by atoms with Crippen molar-refractivity contribution in [3.05, 3.63) is 65.4 Å². The summed E-state index contributed by atoms with van der Waals surface area (Å²) in [5.41, 5.74) is 4.08. The standard InChI is InChI=1S/C25H28F2N2O/c1-16-13-23(30-25(26)27)21(20-9-11-28-24(16)20)15-29-12-10-19(17-7-8-17)14-22(29)18-5-3-2-4-6-18/h2-6,9,11,13,17,19,22,25,28H,7-8,10,12,14-15H2,1H3/t19?,22-/m0/s1. The van der Waals surface area contributed by atoms with E-state index in [2.05, 4.69) is 34.1 Å². The Hall–Kier alpha value is -2.40. The van der Waals surface area contributed by atoms with E-state index in [0.29, 0.717) is 18.3 Å². The van der Waals surface area contributed by atoms with E-state index in [0.717, 1.165) is 46.8 Å². The lowest BCUT2D eigenvalue weighted by Crippen LogP contribution is -2.37. The molecule has 1 N–H and O–H groups in total. The Labute approximate surface area is 176 Å². The van der Waals surface area contributed by atoms with Crippen LogP contribution in [0.5, 0.6) is 5.75 Å². The predicted molar refractivity (Wildman–Crippen MR) is 115 cm³/mol. The fourth-order valence-corrected chi connectivity index (χ4v) is 5.25. The second-order valence-corrected chi connectivity index (χ2v) is 8.83. The summed E-state index contributed by atoms with van der Waals surface area (Å²) < 4.78 is 31.3. The molecule has 2 heterocycles. The molecule has 3 nitrogen and oxygen atoms in total. The Morgan fingerprint density at radius 1 is 1.10 bits per heavy atom. The number of aromatic amines is 1. The van der Waals surface area contributed by atoms with Crippen LogP contribution in [0.15, 0.2) is 48.7 Å². The molecule has 5 heteroatoms. The summed E-state index contributed by atoms with van der Waals surface area (Å²) in [5, 5.41) is 0.974. The minimum Gasteiger partial charge on any atom is -0.434 e. The van der Waals surface area contributed by atoms with Gasteiger partial charge < -0.3 is 9.72 Å². The summed E-state index contributed by atoms with van der Waals surface area (Å²) in [6, 6.07) is 14.7. The Kier molecular flexibility index (Phi) is 5.23. The number of nitrogens with one attached hydrogen (secondary N) is 1. The first-order chi connectivity index (χ1) is 14.6. The first kappa shape index (κ1) is 19.6. The number of alkyl halides is 2. The third-order valence-electron chi connectivity index (χ3n) is 6.92. The first-order valence-corrected chi connectivity index (χ1v) is 10.9. The fraction of sp³-hybridized carbons (Fsp3) is 0.440. The number of halogens is 2. The molecule has 2 aliphatic rings. The van der Waals surface area contributed by atoms with Gasteiger partial charge in [-0.2, -0.15) is 8.78 Å². The van der Waals surface area contributed by atoms with Crippen molar-refractivity contribution >= 4 is 10.9 Å². The first-order valence-electron chi connectivity index (χ1n) is 10.9. The van der Waals surface area contributed by atoms with Crippen LogP contribution in [0.2, 0.25) is 0 Å². The molecule has 158 valence electrons. The third-order valence-corrected chi connectivity index (χ3v) is 6.92. The van der Waals surface area contributed by atoms with E-state index in [-0.39, 0.29) is 0 Å². The van der Waals surface area contributed by atoms with Crippen molar-refractivity contribution in [3.8, 4) is 5.75 Å². The number of hydrogen-bond donors (Lipinski definition) is 1. The van der Waals surface area contributed by atoms with Crippen molar-refractivity contribution in [2.75, 3.05) is 6.54 Å². The molecule has 0 bridgehead atoms. The zero-order chi connectivity index (χ0) is 20.7. The highest BCUT2D eigenvalue weighted by atomic mass is 19.3.